The quantitative estimate of drug-likeness (QED) is 0.690. The molecular formula is C15H25NO3. The normalized spacial score (nSPS) is 11.0. The lowest BCUT2D eigenvalue weighted by atomic mass is 10.1. The molecule has 0 aliphatic rings. The van der Waals surface area contributed by atoms with E-state index in [1.807, 2.05) is 24.1 Å². The third kappa shape index (κ3) is 6.57. The molecule has 1 aromatic carbocycles. The summed E-state index contributed by atoms with van der Waals surface area (Å²) in [6.45, 7) is 7.67. The van der Waals surface area contributed by atoms with Crippen molar-refractivity contribution in [1.82, 2.24) is 4.90 Å². The van der Waals surface area contributed by atoms with Gasteiger partial charge in [-0.25, -0.2) is 0 Å². The largest absolute Gasteiger partial charge is 0.491 e. The summed E-state index contributed by atoms with van der Waals surface area (Å²) in [6.07, 6.45) is 0. The average Bonchev–Trinajstić information content (AvgIpc) is 2.38. The van der Waals surface area contributed by atoms with Gasteiger partial charge in [0, 0.05) is 13.1 Å². The molecule has 0 unspecified atom stereocenters. The zero-order chi connectivity index (χ0) is 14.1. The Bertz CT molecular complexity index is 368. The van der Waals surface area contributed by atoms with Gasteiger partial charge in [0.1, 0.15) is 12.4 Å². The van der Waals surface area contributed by atoms with E-state index < -0.39 is 0 Å². The lowest BCUT2D eigenvalue weighted by Gasteiger charge is -2.15. The standard InChI is InChI=1S/C15H25NO3/c1-13-4-5-15(12-14(13)2)19-11-10-18-9-7-16(3)6-8-17/h4-5,12,17H,6-11H2,1-3H3. The van der Waals surface area contributed by atoms with E-state index in [-0.39, 0.29) is 6.61 Å². The molecule has 4 heteroatoms. The van der Waals surface area contributed by atoms with Crippen molar-refractivity contribution in [3.63, 3.8) is 0 Å². The number of nitrogens with zero attached hydrogens (tertiary/aromatic N) is 1. The monoisotopic (exact) mass is 267 g/mol. The van der Waals surface area contributed by atoms with E-state index >= 15 is 0 Å². The van der Waals surface area contributed by atoms with Crippen LogP contribution in [0.1, 0.15) is 11.1 Å². The van der Waals surface area contributed by atoms with Gasteiger partial charge in [-0.05, 0) is 44.2 Å². The fourth-order valence-corrected chi connectivity index (χ4v) is 1.63. The number of benzene rings is 1. The third-order valence-corrected chi connectivity index (χ3v) is 3.07. The highest BCUT2D eigenvalue weighted by Gasteiger charge is 1.99. The van der Waals surface area contributed by atoms with Crippen LogP contribution in [0.4, 0.5) is 0 Å². The van der Waals surface area contributed by atoms with Gasteiger partial charge in [-0.15, -0.1) is 0 Å². The number of hydrogen-bond acceptors (Lipinski definition) is 4. The first-order valence-corrected chi connectivity index (χ1v) is 6.70. The summed E-state index contributed by atoms with van der Waals surface area (Å²) >= 11 is 0. The van der Waals surface area contributed by atoms with Crippen LogP contribution >= 0.6 is 0 Å². The van der Waals surface area contributed by atoms with Crippen LogP contribution in [0.15, 0.2) is 18.2 Å². The summed E-state index contributed by atoms with van der Waals surface area (Å²) in [4.78, 5) is 2.03. The van der Waals surface area contributed by atoms with E-state index in [4.69, 9.17) is 14.6 Å². The Balaban J connectivity index is 2.09. The van der Waals surface area contributed by atoms with Crippen LogP contribution in [-0.4, -0.2) is 56.6 Å². The smallest absolute Gasteiger partial charge is 0.119 e. The Morgan fingerprint density at radius 1 is 1.05 bits per heavy atom. The molecule has 1 N–H and O–H groups in total. The molecule has 4 nitrogen and oxygen atoms in total. The maximum absolute atomic E-state index is 8.74. The molecule has 0 heterocycles. The molecule has 1 rings (SSSR count). The van der Waals surface area contributed by atoms with Gasteiger partial charge in [0.25, 0.3) is 0 Å². The number of aliphatic hydroxyl groups excluding tert-OH is 1. The van der Waals surface area contributed by atoms with Gasteiger partial charge in [0.05, 0.1) is 19.8 Å². The minimum atomic E-state index is 0.187. The highest BCUT2D eigenvalue weighted by Crippen LogP contribution is 2.16. The van der Waals surface area contributed by atoms with Gasteiger partial charge in [-0.2, -0.15) is 0 Å². The molecule has 0 fully saturated rings. The number of rotatable bonds is 9. The molecule has 0 aliphatic carbocycles. The highest BCUT2D eigenvalue weighted by atomic mass is 16.5. The van der Waals surface area contributed by atoms with Crippen molar-refractivity contribution in [1.29, 1.82) is 0 Å². The molecule has 108 valence electrons. The highest BCUT2D eigenvalue weighted by molar-refractivity contribution is 5.33. The van der Waals surface area contributed by atoms with Crippen LogP contribution < -0.4 is 4.74 Å². The van der Waals surface area contributed by atoms with Crippen molar-refractivity contribution in [2.45, 2.75) is 13.8 Å². The van der Waals surface area contributed by atoms with E-state index in [0.29, 0.717) is 26.4 Å². The Hall–Kier alpha value is -1.10. The van der Waals surface area contributed by atoms with Crippen LogP contribution in [0, 0.1) is 13.8 Å². The Morgan fingerprint density at radius 3 is 2.53 bits per heavy atom. The second-order valence-corrected chi connectivity index (χ2v) is 4.73. The topological polar surface area (TPSA) is 41.9 Å². The molecule has 0 radical (unpaired) electrons. The van der Waals surface area contributed by atoms with Crippen LogP contribution in [-0.2, 0) is 4.74 Å². The second-order valence-electron chi connectivity index (χ2n) is 4.73. The van der Waals surface area contributed by atoms with Crippen LogP contribution in [0.2, 0.25) is 0 Å². The van der Waals surface area contributed by atoms with Crippen molar-refractivity contribution in [2.75, 3.05) is 46.6 Å². The molecular weight excluding hydrogens is 242 g/mol. The summed E-state index contributed by atoms with van der Waals surface area (Å²) in [7, 11) is 1.96. The SMILES string of the molecule is Cc1ccc(OCCOCCN(C)CCO)cc1C. The molecule has 0 amide bonds. The van der Waals surface area contributed by atoms with Crippen LogP contribution in [0.3, 0.4) is 0 Å². The molecule has 1 aromatic rings. The maximum Gasteiger partial charge on any atom is 0.119 e. The van der Waals surface area contributed by atoms with Crippen molar-refractivity contribution in [3.05, 3.63) is 29.3 Å². The summed E-state index contributed by atoms with van der Waals surface area (Å²) < 4.78 is 11.1. The average molecular weight is 267 g/mol. The molecule has 0 atom stereocenters. The molecule has 0 saturated carbocycles. The minimum Gasteiger partial charge on any atom is -0.491 e. The number of ether oxygens (including phenoxy) is 2. The van der Waals surface area contributed by atoms with E-state index in [1.165, 1.54) is 11.1 Å². The van der Waals surface area contributed by atoms with Gasteiger partial charge in [0.15, 0.2) is 0 Å². The zero-order valence-corrected chi connectivity index (χ0v) is 12.2. The van der Waals surface area contributed by atoms with Gasteiger partial charge in [-0.1, -0.05) is 6.07 Å². The summed E-state index contributed by atoms with van der Waals surface area (Å²) in [5.41, 5.74) is 2.51. The molecule has 0 aromatic heterocycles. The first kappa shape index (κ1) is 16.0. The Morgan fingerprint density at radius 2 is 1.84 bits per heavy atom. The van der Waals surface area contributed by atoms with Gasteiger partial charge >= 0.3 is 0 Å². The number of hydrogen-bond donors (Lipinski definition) is 1. The summed E-state index contributed by atoms with van der Waals surface area (Å²) in [6, 6.07) is 6.09. The van der Waals surface area contributed by atoms with E-state index in [2.05, 4.69) is 19.9 Å². The Labute approximate surface area is 115 Å². The maximum atomic E-state index is 8.74. The lowest BCUT2D eigenvalue weighted by molar-refractivity contribution is 0.0812. The number of likely N-dealkylation sites (N-methyl/N-ethyl adjacent to an activating group) is 1. The lowest BCUT2D eigenvalue weighted by Crippen LogP contribution is -2.26. The number of aryl methyl sites for hydroxylation is 2. The van der Waals surface area contributed by atoms with Gasteiger partial charge < -0.3 is 19.5 Å². The fourth-order valence-electron chi connectivity index (χ4n) is 1.63. The fraction of sp³-hybridized carbons (Fsp3) is 0.600. The zero-order valence-electron chi connectivity index (χ0n) is 12.2. The van der Waals surface area contributed by atoms with Gasteiger partial charge in [-0.3, -0.25) is 0 Å². The van der Waals surface area contributed by atoms with Crippen LogP contribution in [0.25, 0.3) is 0 Å². The molecule has 0 bridgehead atoms. The summed E-state index contributed by atoms with van der Waals surface area (Å²) in [5.74, 6) is 0.893. The third-order valence-electron chi connectivity index (χ3n) is 3.07. The molecule has 0 saturated heterocycles. The van der Waals surface area contributed by atoms with Crippen molar-refractivity contribution in [2.24, 2.45) is 0 Å². The summed E-state index contributed by atoms with van der Waals surface area (Å²) in [5, 5.41) is 8.74. The van der Waals surface area contributed by atoms with E-state index in [1.54, 1.807) is 0 Å². The predicted octanol–water partition coefficient (Wildman–Crippen LogP) is 1.62. The molecule has 19 heavy (non-hydrogen) atoms. The first-order chi connectivity index (χ1) is 9.13. The van der Waals surface area contributed by atoms with Crippen molar-refractivity contribution < 1.29 is 14.6 Å². The molecule has 0 spiro atoms. The van der Waals surface area contributed by atoms with E-state index in [9.17, 15) is 0 Å². The number of aliphatic hydroxyl groups is 1. The van der Waals surface area contributed by atoms with Crippen LogP contribution in [0.5, 0.6) is 5.75 Å². The van der Waals surface area contributed by atoms with E-state index in [0.717, 1.165) is 12.3 Å². The first-order valence-electron chi connectivity index (χ1n) is 6.70. The van der Waals surface area contributed by atoms with Crippen molar-refractivity contribution >= 4 is 0 Å². The Kier molecular flexibility index (Phi) is 7.48. The second kappa shape index (κ2) is 8.91. The van der Waals surface area contributed by atoms with Crippen molar-refractivity contribution in [3.8, 4) is 5.75 Å². The van der Waals surface area contributed by atoms with Gasteiger partial charge in [0.2, 0.25) is 0 Å². The minimum absolute atomic E-state index is 0.187. The molecule has 0 aliphatic heterocycles. The predicted molar refractivity (Wildman–Crippen MR) is 76.8 cm³/mol.